The van der Waals surface area contributed by atoms with E-state index in [1.54, 1.807) is 19.1 Å². The maximum Gasteiger partial charge on any atom is 0.251 e. The average Bonchev–Trinajstić information content (AvgIpc) is 2.60. The molecule has 0 bridgehead atoms. The number of sulfone groups is 1. The number of likely N-dealkylation sites (tertiary alicyclic amines) is 1. The Morgan fingerprint density at radius 1 is 1.25 bits per heavy atom. The molecule has 0 aromatic heterocycles. The van der Waals surface area contributed by atoms with Gasteiger partial charge < -0.3 is 5.32 Å². The van der Waals surface area contributed by atoms with E-state index in [1.807, 2.05) is 0 Å². The number of nitrogens with one attached hydrogen (secondary N) is 1. The van der Waals surface area contributed by atoms with Crippen LogP contribution in [0.4, 0.5) is 0 Å². The fraction of sp³-hybridized carbons (Fsp3) is 0.611. The second kappa shape index (κ2) is 8.12. The summed E-state index contributed by atoms with van der Waals surface area (Å²) >= 11 is 0. The lowest BCUT2D eigenvalue weighted by molar-refractivity contribution is 0.0921. The zero-order valence-electron chi connectivity index (χ0n) is 14.8. The molecule has 1 atom stereocenters. The molecule has 24 heavy (non-hydrogen) atoms. The highest BCUT2D eigenvalue weighted by Gasteiger charge is 2.20. The molecule has 1 saturated heterocycles. The molecule has 1 unspecified atom stereocenters. The molecule has 1 amide bonds. The van der Waals surface area contributed by atoms with E-state index in [4.69, 9.17) is 0 Å². The number of carbonyl (C=O) groups excluding carboxylic acids is 1. The molecule has 1 aromatic rings. The van der Waals surface area contributed by atoms with Crippen LogP contribution in [0, 0.1) is 5.92 Å². The third kappa shape index (κ3) is 4.80. The lowest BCUT2D eigenvalue weighted by Gasteiger charge is -2.35. The van der Waals surface area contributed by atoms with Crippen LogP contribution in [0.3, 0.4) is 0 Å². The summed E-state index contributed by atoms with van der Waals surface area (Å²) in [5.41, 5.74) is 0.490. The molecule has 1 heterocycles. The minimum Gasteiger partial charge on any atom is -0.350 e. The molecule has 1 fully saturated rings. The van der Waals surface area contributed by atoms with Crippen molar-refractivity contribution < 1.29 is 13.2 Å². The topological polar surface area (TPSA) is 66.5 Å². The van der Waals surface area contributed by atoms with Crippen LogP contribution in [0.2, 0.25) is 0 Å². The first-order valence-corrected chi connectivity index (χ1v) is 10.3. The largest absolute Gasteiger partial charge is 0.350 e. The van der Waals surface area contributed by atoms with Crippen molar-refractivity contribution in [3.63, 3.8) is 0 Å². The van der Waals surface area contributed by atoms with Crippen LogP contribution in [0.5, 0.6) is 0 Å². The Hall–Kier alpha value is -1.40. The van der Waals surface area contributed by atoms with Crippen LogP contribution in [0.15, 0.2) is 29.2 Å². The number of piperidine rings is 1. The van der Waals surface area contributed by atoms with Gasteiger partial charge in [0.15, 0.2) is 9.84 Å². The highest BCUT2D eigenvalue weighted by molar-refractivity contribution is 7.91. The van der Waals surface area contributed by atoms with Crippen molar-refractivity contribution in [2.24, 2.45) is 5.92 Å². The number of hydrogen-bond donors (Lipinski definition) is 1. The van der Waals surface area contributed by atoms with Crippen molar-refractivity contribution in [3.05, 3.63) is 29.8 Å². The van der Waals surface area contributed by atoms with E-state index in [9.17, 15) is 13.2 Å². The van der Waals surface area contributed by atoms with E-state index in [2.05, 4.69) is 24.1 Å². The molecule has 6 heteroatoms. The van der Waals surface area contributed by atoms with Crippen molar-refractivity contribution >= 4 is 15.7 Å². The lowest BCUT2D eigenvalue weighted by atomic mass is 9.98. The van der Waals surface area contributed by atoms with Crippen LogP contribution in [0.1, 0.15) is 44.0 Å². The number of rotatable bonds is 6. The number of benzene rings is 1. The summed E-state index contributed by atoms with van der Waals surface area (Å²) in [4.78, 5) is 14.9. The Morgan fingerprint density at radius 2 is 1.83 bits per heavy atom. The van der Waals surface area contributed by atoms with Gasteiger partial charge in [-0.15, -0.1) is 0 Å². The molecule has 0 aliphatic carbocycles. The van der Waals surface area contributed by atoms with E-state index >= 15 is 0 Å². The molecule has 1 aliphatic rings. The van der Waals surface area contributed by atoms with Crippen LogP contribution >= 0.6 is 0 Å². The molecule has 5 nitrogen and oxygen atoms in total. The summed E-state index contributed by atoms with van der Waals surface area (Å²) in [5.74, 6) is 0.693. The van der Waals surface area contributed by atoms with E-state index < -0.39 is 9.84 Å². The van der Waals surface area contributed by atoms with Crippen LogP contribution in [0.25, 0.3) is 0 Å². The quantitative estimate of drug-likeness (QED) is 0.853. The van der Waals surface area contributed by atoms with Crippen molar-refractivity contribution in [3.8, 4) is 0 Å². The van der Waals surface area contributed by atoms with Crippen LogP contribution in [-0.4, -0.2) is 50.7 Å². The zero-order chi connectivity index (χ0) is 17.7. The molecule has 0 saturated carbocycles. The third-order valence-electron chi connectivity index (χ3n) is 4.86. The molecular formula is C18H28N2O3S. The number of carbonyl (C=O) groups is 1. The summed E-state index contributed by atoms with van der Waals surface area (Å²) in [7, 11) is -3.22. The van der Waals surface area contributed by atoms with E-state index in [0.717, 1.165) is 19.0 Å². The van der Waals surface area contributed by atoms with Crippen molar-refractivity contribution in [1.29, 1.82) is 0 Å². The summed E-state index contributed by atoms with van der Waals surface area (Å²) in [6, 6.07) is 6.46. The van der Waals surface area contributed by atoms with E-state index in [1.165, 1.54) is 25.0 Å². The smallest absolute Gasteiger partial charge is 0.251 e. The Morgan fingerprint density at radius 3 is 2.38 bits per heavy atom. The van der Waals surface area contributed by atoms with Crippen molar-refractivity contribution in [2.45, 2.75) is 44.6 Å². The van der Waals surface area contributed by atoms with Crippen molar-refractivity contribution in [2.75, 3.05) is 25.4 Å². The number of hydrogen-bond acceptors (Lipinski definition) is 4. The van der Waals surface area contributed by atoms with Gasteiger partial charge in [-0.1, -0.05) is 13.8 Å². The van der Waals surface area contributed by atoms with Gasteiger partial charge in [-0.3, -0.25) is 9.69 Å². The van der Waals surface area contributed by atoms with Gasteiger partial charge in [-0.25, -0.2) is 8.42 Å². The van der Waals surface area contributed by atoms with Crippen molar-refractivity contribution in [1.82, 2.24) is 10.2 Å². The van der Waals surface area contributed by atoms with E-state index in [-0.39, 0.29) is 16.6 Å². The molecule has 1 aliphatic heterocycles. The Bertz CT molecular complexity index is 647. The lowest BCUT2D eigenvalue weighted by Crippen LogP contribution is -2.45. The Kier molecular flexibility index (Phi) is 6.40. The predicted octanol–water partition coefficient (Wildman–Crippen LogP) is 2.33. The first-order chi connectivity index (χ1) is 11.3. The molecule has 0 spiro atoms. The SMILES string of the molecule is CCS(=O)(=O)c1ccc(C(=O)NCC(C)N2CCC(C)CC2)cc1. The molecule has 134 valence electrons. The summed E-state index contributed by atoms with van der Waals surface area (Å²) in [6.07, 6.45) is 2.43. The summed E-state index contributed by atoms with van der Waals surface area (Å²) in [5, 5.41) is 2.95. The first kappa shape index (κ1) is 18.9. The fourth-order valence-electron chi connectivity index (χ4n) is 2.92. The third-order valence-corrected chi connectivity index (χ3v) is 6.61. The van der Waals surface area contributed by atoms with Gasteiger partial charge in [0.2, 0.25) is 0 Å². The monoisotopic (exact) mass is 352 g/mol. The Labute approximate surface area is 145 Å². The van der Waals surface area contributed by atoms with Crippen LogP contribution in [-0.2, 0) is 9.84 Å². The van der Waals surface area contributed by atoms with Gasteiger partial charge >= 0.3 is 0 Å². The highest BCUT2D eigenvalue weighted by Crippen LogP contribution is 2.18. The summed E-state index contributed by atoms with van der Waals surface area (Å²) in [6.45, 7) is 8.80. The van der Waals surface area contributed by atoms with Crippen LogP contribution < -0.4 is 5.32 Å². The average molecular weight is 353 g/mol. The maximum absolute atomic E-state index is 12.2. The normalized spacial score (nSPS) is 18.3. The van der Waals surface area contributed by atoms with Gasteiger partial charge in [0.25, 0.3) is 5.91 Å². The minimum absolute atomic E-state index is 0.0600. The summed E-state index contributed by atoms with van der Waals surface area (Å²) < 4.78 is 23.6. The van der Waals surface area contributed by atoms with E-state index in [0.29, 0.717) is 18.2 Å². The molecule has 0 radical (unpaired) electrons. The first-order valence-electron chi connectivity index (χ1n) is 8.68. The van der Waals surface area contributed by atoms with Gasteiger partial charge in [0, 0.05) is 18.2 Å². The predicted molar refractivity (Wildman–Crippen MR) is 95.9 cm³/mol. The van der Waals surface area contributed by atoms with Gasteiger partial charge in [-0.2, -0.15) is 0 Å². The van der Waals surface area contributed by atoms with Gasteiger partial charge in [0.05, 0.1) is 10.6 Å². The van der Waals surface area contributed by atoms with Gasteiger partial charge in [0.1, 0.15) is 0 Å². The van der Waals surface area contributed by atoms with Gasteiger partial charge in [-0.05, 0) is 63.0 Å². The highest BCUT2D eigenvalue weighted by atomic mass is 32.2. The molecule has 1 aromatic carbocycles. The second-order valence-electron chi connectivity index (χ2n) is 6.71. The standard InChI is InChI=1S/C18H28N2O3S/c1-4-24(22,23)17-7-5-16(6-8-17)18(21)19-13-15(3)20-11-9-14(2)10-12-20/h5-8,14-15H,4,9-13H2,1-3H3,(H,19,21). The fourth-order valence-corrected chi connectivity index (χ4v) is 3.81. The molecular weight excluding hydrogens is 324 g/mol. The maximum atomic E-state index is 12.2. The second-order valence-corrected chi connectivity index (χ2v) is 8.98. The molecule has 2 rings (SSSR count). The zero-order valence-corrected chi connectivity index (χ0v) is 15.6. The Balaban J connectivity index is 1.88. The number of nitrogens with zero attached hydrogens (tertiary/aromatic N) is 1. The number of amides is 1. The minimum atomic E-state index is -3.22. The molecule has 1 N–H and O–H groups in total.